The summed E-state index contributed by atoms with van der Waals surface area (Å²) in [4.78, 5) is 30.0. The number of hydrogen-bond donors (Lipinski definition) is 1. The Morgan fingerprint density at radius 3 is 1.62 bits per heavy atom. The molecule has 0 radical (unpaired) electrons. The van der Waals surface area contributed by atoms with E-state index in [1.54, 1.807) is 24.3 Å². The maximum absolute atomic E-state index is 11.2. The normalized spacial score (nSPS) is 19.2. The Morgan fingerprint density at radius 2 is 1.09 bits per heavy atom. The van der Waals surface area contributed by atoms with Gasteiger partial charge in [-0.3, -0.25) is 0 Å². The quantitative estimate of drug-likeness (QED) is 0.600. The molecule has 6 nitrogen and oxygen atoms in total. The van der Waals surface area contributed by atoms with E-state index in [2.05, 4.69) is 15.0 Å². The minimum absolute atomic E-state index is 0. The molecule has 0 amide bonds. The molecule has 158 valence electrons. The third kappa shape index (κ3) is 4.26. The number of hydrogen-bond acceptors (Lipinski definition) is 5. The fraction of sp³-hybridized carbons (Fsp3) is 0. The van der Waals surface area contributed by atoms with Gasteiger partial charge in [-0.05, 0) is 84.5 Å². The van der Waals surface area contributed by atoms with Crippen molar-refractivity contribution in [3.63, 3.8) is 0 Å². The predicted octanol–water partition coefficient (Wildman–Crippen LogP) is 4.80. The molecule has 6 rings (SSSR count). The number of allylic oxidation sites excluding steroid dienone is 12. The standard InChI is InChI=1S/C27H16N4O2.Zn/c32-27(33)17-3-1-16(2-4-17)25-14-24-13-22-8-7-20(29-22)11-18-5-6-19(28-18)12-21-9-10-23(30-21)15-26(25)31-24;/h1-15H,(H,32,33);. The van der Waals surface area contributed by atoms with Gasteiger partial charge >= 0.3 is 5.97 Å². The summed E-state index contributed by atoms with van der Waals surface area (Å²) in [7, 11) is 0. The Morgan fingerprint density at radius 1 is 0.588 bits per heavy atom. The molecule has 7 heteroatoms. The molecule has 0 fully saturated rings. The maximum atomic E-state index is 11.2. The number of rotatable bonds is 2. The van der Waals surface area contributed by atoms with Crippen molar-refractivity contribution in [1.82, 2.24) is 0 Å². The first-order chi connectivity index (χ1) is 16.1. The van der Waals surface area contributed by atoms with Crippen LogP contribution in [0.4, 0.5) is 0 Å². The van der Waals surface area contributed by atoms with Gasteiger partial charge in [-0.2, -0.15) is 0 Å². The van der Waals surface area contributed by atoms with E-state index >= 15 is 0 Å². The second kappa shape index (κ2) is 8.69. The molecule has 5 aliphatic rings. The molecule has 0 spiro atoms. The SMILES string of the molecule is O=C(O)c1ccc(C2=CC3=CC4=NC(=CC5=NC(=CC6=NC(=CC2=N3)C=C6)C=C5)C=C4)cc1.[Zn]. The molecule has 5 aliphatic heterocycles. The smallest absolute Gasteiger partial charge is 0.335 e. The maximum Gasteiger partial charge on any atom is 0.335 e. The largest absolute Gasteiger partial charge is 0.478 e. The van der Waals surface area contributed by atoms with Crippen LogP contribution in [-0.4, -0.2) is 33.9 Å². The van der Waals surface area contributed by atoms with Gasteiger partial charge in [0.2, 0.25) is 0 Å². The van der Waals surface area contributed by atoms with Crippen LogP contribution in [0.3, 0.4) is 0 Å². The van der Waals surface area contributed by atoms with Crippen LogP contribution in [0.2, 0.25) is 0 Å². The third-order valence-electron chi connectivity index (χ3n) is 5.48. The summed E-state index contributed by atoms with van der Waals surface area (Å²) >= 11 is 0. The molecule has 0 saturated heterocycles. The van der Waals surface area contributed by atoms with Gasteiger partial charge in [-0.25, -0.2) is 24.8 Å². The Balaban J connectivity index is 0.00000241. The number of nitrogens with zero attached hydrogens (tertiary/aromatic N) is 4. The Labute approximate surface area is 208 Å². The molecule has 8 bridgehead atoms. The monoisotopic (exact) mass is 492 g/mol. The minimum atomic E-state index is -0.952. The van der Waals surface area contributed by atoms with Gasteiger partial charge in [0.1, 0.15) is 0 Å². The average Bonchev–Trinajstić information content (AvgIpc) is 3.59. The molecule has 0 unspecified atom stereocenters. The molecular formula is C27H16N4O2Zn. The summed E-state index contributed by atoms with van der Waals surface area (Å²) in [5.74, 6) is -0.952. The van der Waals surface area contributed by atoms with Crippen molar-refractivity contribution in [2.75, 3.05) is 0 Å². The number of carboxylic acids is 1. The third-order valence-corrected chi connectivity index (χ3v) is 5.48. The van der Waals surface area contributed by atoms with E-state index in [0.717, 1.165) is 56.8 Å². The molecule has 0 aromatic heterocycles. The summed E-state index contributed by atoms with van der Waals surface area (Å²) in [6, 6.07) is 6.80. The fourth-order valence-electron chi connectivity index (χ4n) is 3.92. The van der Waals surface area contributed by atoms with Crippen molar-refractivity contribution < 1.29 is 29.4 Å². The summed E-state index contributed by atoms with van der Waals surface area (Å²) in [6.45, 7) is 0. The van der Waals surface area contributed by atoms with Gasteiger partial charge in [0.15, 0.2) is 0 Å². The molecule has 34 heavy (non-hydrogen) atoms. The number of carboxylic acid groups (broad SMARTS) is 1. The Bertz CT molecular complexity index is 1500. The van der Waals surface area contributed by atoms with E-state index in [4.69, 9.17) is 4.99 Å². The van der Waals surface area contributed by atoms with Gasteiger partial charge < -0.3 is 5.11 Å². The predicted molar refractivity (Wildman–Crippen MR) is 131 cm³/mol. The minimum Gasteiger partial charge on any atom is -0.478 e. The molecule has 1 aromatic carbocycles. The van der Waals surface area contributed by atoms with E-state index in [1.807, 2.05) is 66.8 Å². The Kier molecular flexibility index (Phi) is 5.56. The van der Waals surface area contributed by atoms with Gasteiger partial charge in [0.25, 0.3) is 0 Å². The number of fused-ring (bicyclic) bond motifs is 4. The average molecular weight is 494 g/mol. The van der Waals surface area contributed by atoms with Crippen molar-refractivity contribution in [2.45, 2.75) is 0 Å². The van der Waals surface area contributed by atoms with E-state index in [9.17, 15) is 9.90 Å². The van der Waals surface area contributed by atoms with Crippen LogP contribution in [0.1, 0.15) is 15.9 Å². The molecule has 0 atom stereocenters. The summed E-state index contributed by atoms with van der Waals surface area (Å²) in [5.41, 5.74) is 8.46. The number of carbonyl (C=O) groups is 1. The van der Waals surface area contributed by atoms with E-state index in [0.29, 0.717) is 0 Å². The summed E-state index contributed by atoms with van der Waals surface area (Å²) in [5, 5.41) is 9.22. The second-order valence-electron chi connectivity index (χ2n) is 7.82. The zero-order valence-electron chi connectivity index (χ0n) is 18.0. The van der Waals surface area contributed by atoms with Crippen LogP contribution in [0.15, 0.2) is 134 Å². The van der Waals surface area contributed by atoms with Crippen molar-refractivity contribution in [3.8, 4) is 0 Å². The number of benzene rings is 1. The van der Waals surface area contributed by atoms with Gasteiger partial charge in [-0.15, -0.1) is 0 Å². The van der Waals surface area contributed by atoms with Crippen molar-refractivity contribution >= 4 is 34.4 Å². The van der Waals surface area contributed by atoms with Crippen LogP contribution in [-0.2, 0) is 19.5 Å². The molecule has 0 aliphatic carbocycles. The van der Waals surface area contributed by atoms with Gasteiger partial charge in [0.05, 0.1) is 51.2 Å². The zero-order chi connectivity index (χ0) is 22.4. The fourth-order valence-corrected chi connectivity index (χ4v) is 3.92. The molecule has 0 saturated carbocycles. The zero-order valence-corrected chi connectivity index (χ0v) is 21.0. The first kappa shape index (κ1) is 21.7. The van der Waals surface area contributed by atoms with Gasteiger partial charge in [0, 0.05) is 25.1 Å². The van der Waals surface area contributed by atoms with Crippen LogP contribution >= 0.6 is 0 Å². The van der Waals surface area contributed by atoms with E-state index in [1.165, 1.54) is 0 Å². The summed E-state index contributed by atoms with van der Waals surface area (Å²) in [6.07, 6.45) is 21.4. The van der Waals surface area contributed by atoms with Crippen LogP contribution in [0, 0.1) is 0 Å². The van der Waals surface area contributed by atoms with E-state index < -0.39 is 5.97 Å². The molecule has 1 aromatic rings. The Hall–Kier alpha value is -4.09. The second-order valence-corrected chi connectivity index (χ2v) is 7.82. The topological polar surface area (TPSA) is 86.7 Å². The number of aromatic carboxylic acids is 1. The first-order valence-corrected chi connectivity index (χ1v) is 10.4. The van der Waals surface area contributed by atoms with Crippen LogP contribution < -0.4 is 0 Å². The molecular weight excluding hydrogens is 478 g/mol. The van der Waals surface area contributed by atoms with Crippen molar-refractivity contribution in [3.05, 3.63) is 125 Å². The summed E-state index contributed by atoms with van der Waals surface area (Å²) < 4.78 is 0. The number of aliphatic imine (C=N–C) groups is 4. The first-order valence-electron chi connectivity index (χ1n) is 10.4. The molecule has 5 heterocycles. The van der Waals surface area contributed by atoms with E-state index in [-0.39, 0.29) is 25.0 Å². The van der Waals surface area contributed by atoms with Crippen LogP contribution in [0.25, 0.3) is 5.57 Å². The van der Waals surface area contributed by atoms with Crippen molar-refractivity contribution in [2.24, 2.45) is 20.0 Å². The van der Waals surface area contributed by atoms with Crippen molar-refractivity contribution in [1.29, 1.82) is 0 Å². The molecule has 1 N–H and O–H groups in total. The van der Waals surface area contributed by atoms with Gasteiger partial charge in [-0.1, -0.05) is 12.1 Å². The van der Waals surface area contributed by atoms with Crippen LogP contribution in [0.5, 0.6) is 0 Å².